The summed E-state index contributed by atoms with van der Waals surface area (Å²) in [5, 5.41) is 0. The molecule has 1 fully saturated rings. The predicted octanol–water partition coefficient (Wildman–Crippen LogP) is 1.28. The molecule has 4 nitrogen and oxygen atoms in total. The van der Waals surface area contributed by atoms with Crippen molar-refractivity contribution in [1.29, 1.82) is 0 Å². The molecule has 0 unspecified atom stereocenters. The van der Waals surface area contributed by atoms with Crippen molar-refractivity contribution in [2.24, 2.45) is 5.41 Å². The van der Waals surface area contributed by atoms with Crippen molar-refractivity contribution in [2.75, 3.05) is 6.61 Å². The van der Waals surface area contributed by atoms with Gasteiger partial charge in [0.2, 0.25) is 0 Å². The summed E-state index contributed by atoms with van der Waals surface area (Å²) in [6, 6.07) is 0. The fraction of sp³-hybridized carbons (Fsp3) is 0.800. The Hall–Kier alpha value is -1.06. The first-order chi connectivity index (χ1) is 6.45. The fourth-order valence-electron chi connectivity index (χ4n) is 1.02. The summed E-state index contributed by atoms with van der Waals surface area (Å²) in [4.78, 5) is 22.3. The normalized spacial score (nSPS) is 21.9. The standard InChI is InChI=1S/C10H16O4/c1-4-10(2,3)9(12)14-7-5-8(11)13-6-7/h7H,4-6H2,1-3H3/t7-/m0/s1. The molecule has 0 amide bonds. The van der Waals surface area contributed by atoms with Crippen molar-refractivity contribution in [1.82, 2.24) is 0 Å². The van der Waals surface area contributed by atoms with E-state index in [0.29, 0.717) is 6.42 Å². The lowest BCUT2D eigenvalue weighted by atomic mass is 9.90. The van der Waals surface area contributed by atoms with E-state index in [1.165, 1.54) is 0 Å². The first kappa shape index (κ1) is 11.0. The maximum absolute atomic E-state index is 11.6. The first-order valence-electron chi connectivity index (χ1n) is 4.82. The van der Waals surface area contributed by atoms with E-state index < -0.39 is 5.41 Å². The van der Waals surface area contributed by atoms with Crippen LogP contribution in [0.3, 0.4) is 0 Å². The average molecular weight is 200 g/mol. The predicted molar refractivity (Wildman–Crippen MR) is 49.5 cm³/mol. The van der Waals surface area contributed by atoms with Crippen molar-refractivity contribution >= 4 is 11.9 Å². The zero-order valence-corrected chi connectivity index (χ0v) is 8.83. The molecule has 0 radical (unpaired) electrons. The minimum Gasteiger partial charge on any atom is -0.462 e. The van der Waals surface area contributed by atoms with Crippen LogP contribution in [-0.4, -0.2) is 24.6 Å². The molecule has 0 aromatic carbocycles. The second-order valence-electron chi connectivity index (χ2n) is 4.15. The van der Waals surface area contributed by atoms with Crippen LogP contribution >= 0.6 is 0 Å². The summed E-state index contributed by atoms with van der Waals surface area (Å²) in [5.74, 6) is -0.555. The molecule has 4 heteroatoms. The molecule has 1 atom stereocenters. The molecule has 14 heavy (non-hydrogen) atoms. The SMILES string of the molecule is CCC(C)(C)C(=O)O[C@@H]1COC(=O)C1. The van der Waals surface area contributed by atoms with E-state index in [1.807, 2.05) is 20.8 Å². The number of cyclic esters (lactones) is 1. The summed E-state index contributed by atoms with van der Waals surface area (Å²) < 4.78 is 9.85. The summed E-state index contributed by atoms with van der Waals surface area (Å²) in [6.45, 7) is 5.78. The molecule has 0 saturated carbocycles. The third-order valence-electron chi connectivity index (χ3n) is 2.53. The second kappa shape index (κ2) is 3.98. The lowest BCUT2D eigenvalue weighted by molar-refractivity contribution is -0.159. The number of ether oxygens (including phenoxy) is 2. The Bertz CT molecular complexity index is 245. The summed E-state index contributed by atoms with van der Waals surface area (Å²) in [6.07, 6.45) is 0.514. The summed E-state index contributed by atoms with van der Waals surface area (Å²) >= 11 is 0. The van der Waals surface area contributed by atoms with Gasteiger partial charge in [-0.3, -0.25) is 9.59 Å². The molecule has 1 heterocycles. The second-order valence-corrected chi connectivity index (χ2v) is 4.15. The zero-order chi connectivity index (χ0) is 10.8. The molecule has 1 aliphatic rings. The topological polar surface area (TPSA) is 52.6 Å². The van der Waals surface area contributed by atoms with Crippen LogP contribution in [0.2, 0.25) is 0 Å². The van der Waals surface area contributed by atoms with Crippen LogP contribution in [0.5, 0.6) is 0 Å². The Morgan fingerprint density at radius 2 is 2.29 bits per heavy atom. The molecule has 0 bridgehead atoms. The number of rotatable bonds is 3. The largest absolute Gasteiger partial charge is 0.462 e. The molecular weight excluding hydrogens is 184 g/mol. The molecule has 0 N–H and O–H groups in total. The van der Waals surface area contributed by atoms with Gasteiger partial charge in [-0.05, 0) is 20.3 Å². The van der Waals surface area contributed by atoms with Crippen LogP contribution in [0.25, 0.3) is 0 Å². The highest BCUT2D eigenvalue weighted by Gasteiger charge is 2.33. The maximum atomic E-state index is 11.6. The van der Waals surface area contributed by atoms with E-state index in [4.69, 9.17) is 9.47 Å². The van der Waals surface area contributed by atoms with Gasteiger partial charge in [-0.2, -0.15) is 0 Å². The minimum atomic E-state index is -0.481. The quantitative estimate of drug-likeness (QED) is 0.644. The molecule has 0 aromatic rings. The Morgan fingerprint density at radius 1 is 1.64 bits per heavy atom. The number of hydrogen-bond donors (Lipinski definition) is 0. The Labute approximate surface area is 83.6 Å². The van der Waals surface area contributed by atoms with Crippen molar-refractivity contribution in [3.63, 3.8) is 0 Å². The Kier molecular flexibility index (Phi) is 3.13. The Balaban J connectivity index is 2.45. The molecule has 0 aromatic heterocycles. The van der Waals surface area contributed by atoms with Gasteiger partial charge in [-0.25, -0.2) is 0 Å². The van der Waals surface area contributed by atoms with Gasteiger partial charge in [-0.15, -0.1) is 0 Å². The van der Waals surface area contributed by atoms with Gasteiger partial charge in [0, 0.05) is 0 Å². The van der Waals surface area contributed by atoms with E-state index in [1.54, 1.807) is 0 Å². The minimum absolute atomic E-state index is 0.186. The number of carbonyl (C=O) groups excluding carboxylic acids is 2. The van der Waals surface area contributed by atoms with Crippen molar-refractivity contribution in [2.45, 2.75) is 39.7 Å². The van der Waals surface area contributed by atoms with Gasteiger partial charge in [0.05, 0.1) is 11.8 Å². The molecule has 1 rings (SSSR count). The molecule has 1 saturated heterocycles. The van der Waals surface area contributed by atoms with Crippen LogP contribution in [-0.2, 0) is 19.1 Å². The average Bonchev–Trinajstić information content (AvgIpc) is 2.51. The van der Waals surface area contributed by atoms with Gasteiger partial charge in [-0.1, -0.05) is 6.92 Å². The highest BCUT2D eigenvalue weighted by atomic mass is 16.6. The summed E-state index contributed by atoms with van der Waals surface area (Å²) in [7, 11) is 0. The van der Waals surface area contributed by atoms with Crippen LogP contribution in [0.1, 0.15) is 33.6 Å². The van der Waals surface area contributed by atoms with Gasteiger partial charge in [0.25, 0.3) is 0 Å². The zero-order valence-electron chi connectivity index (χ0n) is 8.83. The van der Waals surface area contributed by atoms with Gasteiger partial charge in [0.15, 0.2) is 0 Å². The van der Waals surface area contributed by atoms with Crippen LogP contribution in [0, 0.1) is 5.41 Å². The third kappa shape index (κ3) is 2.47. The van der Waals surface area contributed by atoms with Crippen molar-refractivity contribution in [3.05, 3.63) is 0 Å². The maximum Gasteiger partial charge on any atom is 0.311 e. The van der Waals surface area contributed by atoms with Crippen LogP contribution in [0.4, 0.5) is 0 Å². The van der Waals surface area contributed by atoms with E-state index in [9.17, 15) is 9.59 Å². The van der Waals surface area contributed by atoms with Crippen LogP contribution in [0.15, 0.2) is 0 Å². The van der Waals surface area contributed by atoms with Gasteiger partial charge in [0.1, 0.15) is 12.7 Å². The molecule has 80 valence electrons. The van der Waals surface area contributed by atoms with Gasteiger partial charge >= 0.3 is 11.9 Å². The van der Waals surface area contributed by atoms with Gasteiger partial charge < -0.3 is 9.47 Å². The lowest BCUT2D eigenvalue weighted by Crippen LogP contribution is -2.30. The van der Waals surface area contributed by atoms with E-state index in [2.05, 4.69) is 0 Å². The first-order valence-corrected chi connectivity index (χ1v) is 4.82. The van der Waals surface area contributed by atoms with E-state index >= 15 is 0 Å². The monoisotopic (exact) mass is 200 g/mol. The van der Waals surface area contributed by atoms with Crippen LogP contribution < -0.4 is 0 Å². The number of esters is 2. The Morgan fingerprint density at radius 3 is 2.71 bits per heavy atom. The third-order valence-corrected chi connectivity index (χ3v) is 2.53. The van der Waals surface area contributed by atoms with Crippen molar-refractivity contribution in [3.8, 4) is 0 Å². The molecular formula is C10H16O4. The molecule has 0 spiro atoms. The number of hydrogen-bond acceptors (Lipinski definition) is 4. The lowest BCUT2D eigenvalue weighted by Gasteiger charge is -2.22. The smallest absolute Gasteiger partial charge is 0.311 e. The highest BCUT2D eigenvalue weighted by Crippen LogP contribution is 2.23. The number of carbonyl (C=O) groups is 2. The molecule has 0 aliphatic carbocycles. The molecule has 1 aliphatic heterocycles. The summed E-state index contributed by atoms with van der Waals surface area (Å²) in [5.41, 5.74) is -0.481. The van der Waals surface area contributed by atoms with Crippen molar-refractivity contribution < 1.29 is 19.1 Å². The fourth-order valence-corrected chi connectivity index (χ4v) is 1.02. The highest BCUT2D eigenvalue weighted by molar-refractivity contribution is 5.77. The van der Waals surface area contributed by atoms with E-state index in [0.717, 1.165) is 0 Å². The van der Waals surface area contributed by atoms with E-state index in [-0.39, 0.29) is 31.1 Å².